The minimum Gasteiger partial charge on any atom is -0.493 e. The van der Waals surface area contributed by atoms with E-state index in [4.69, 9.17) is 18.9 Å². The molecular formula is C20H24N2O5. The second kappa shape index (κ2) is 9.47. The zero-order valence-corrected chi connectivity index (χ0v) is 16.2. The minimum atomic E-state index is -0.360. The second-order valence-corrected chi connectivity index (χ2v) is 5.76. The molecule has 1 amide bonds. The first-order valence-electron chi connectivity index (χ1n) is 8.31. The topological polar surface area (TPSA) is 78.4 Å². The number of nitrogens with one attached hydrogen (secondary N) is 1. The highest BCUT2D eigenvalue weighted by molar-refractivity contribution is 5.84. The van der Waals surface area contributed by atoms with Crippen LogP contribution < -0.4 is 24.4 Å². The summed E-state index contributed by atoms with van der Waals surface area (Å²) >= 11 is 0. The number of hydrazone groups is 1. The van der Waals surface area contributed by atoms with Gasteiger partial charge in [0, 0.05) is 5.56 Å². The lowest BCUT2D eigenvalue weighted by molar-refractivity contribution is -0.123. The third-order valence-electron chi connectivity index (χ3n) is 3.85. The first kappa shape index (κ1) is 20.1. The van der Waals surface area contributed by atoms with Gasteiger partial charge >= 0.3 is 0 Å². The molecule has 0 aliphatic rings. The van der Waals surface area contributed by atoms with Gasteiger partial charge in [0.15, 0.2) is 18.1 Å². The van der Waals surface area contributed by atoms with Crippen LogP contribution in [-0.2, 0) is 4.79 Å². The van der Waals surface area contributed by atoms with Gasteiger partial charge in [0.2, 0.25) is 5.75 Å². The number of hydrogen-bond acceptors (Lipinski definition) is 6. The van der Waals surface area contributed by atoms with Crippen molar-refractivity contribution in [2.75, 3.05) is 27.9 Å². The van der Waals surface area contributed by atoms with E-state index in [2.05, 4.69) is 10.5 Å². The van der Waals surface area contributed by atoms with Crippen molar-refractivity contribution in [3.05, 3.63) is 47.0 Å². The first-order valence-corrected chi connectivity index (χ1v) is 8.31. The summed E-state index contributed by atoms with van der Waals surface area (Å²) in [6, 6.07) is 9.26. The van der Waals surface area contributed by atoms with Gasteiger partial charge in [-0.15, -0.1) is 0 Å². The molecule has 27 heavy (non-hydrogen) atoms. The lowest BCUT2D eigenvalue weighted by Gasteiger charge is -2.12. The number of nitrogens with zero attached hydrogens (tertiary/aromatic N) is 1. The number of carbonyl (C=O) groups is 1. The van der Waals surface area contributed by atoms with E-state index >= 15 is 0 Å². The molecule has 0 aliphatic carbocycles. The van der Waals surface area contributed by atoms with Crippen LogP contribution in [0.4, 0.5) is 0 Å². The Morgan fingerprint density at radius 2 is 1.59 bits per heavy atom. The average molecular weight is 372 g/mol. The minimum absolute atomic E-state index is 0.127. The largest absolute Gasteiger partial charge is 0.493 e. The Balaban J connectivity index is 1.99. The monoisotopic (exact) mass is 372 g/mol. The molecule has 1 N–H and O–H groups in total. The maximum Gasteiger partial charge on any atom is 0.277 e. The number of carbonyl (C=O) groups excluding carboxylic acids is 1. The quantitative estimate of drug-likeness (QED) is 0.569. The van der Waals surface area contributed by atoms with Crippen molar-refractivity contribution in [1.29, 1.82) is 0 Å². The molecule has 7 heteroatoms. The van der Waals surface area contributed by atoms with Crippen LogP contribution in [-0.4, -0.2) is 40.1 Å². The standard InChI is InChI=1S/C20H24N2O5/c1-13-7-6-8-14(2)19(13)27-12-18(23)22-21-11-15-9-16(24-3)20(26-5)17(10-15)25-4/h6-11H,12H2,1-5H3,(H,22,23). The number of methoxy groups -OCH3 is 3. The van der Waals surface area contributed by atoms with Gasteiger partial charge in [-0.3, -0.25) is 4.79 Å². The Kier molecular flexibility index (Phi) is 7.05. The van der Waals surface area contributed by atoms with E-state index in [-0.39, 0.29) is 12.5 Å². The van der Waals surface area contributed by atoms with E-state index < -0.39 is 0 Å². The molecule has 0 atom stereocenters. The molecule has 0 saturated heterocycles. The molecule has 0 heterocycles. The highest BCUT2D eigenvalue weighted by Crippen LogP contribution is 2.37. The van der Waals surface area contributed by atoms with Crippen LogP contribution in [0.25, 0.3) is 0 Å². The number of aryl methyl sites for hydroxylation is 2. The van der Waals surface area contributed by atoms with Crippen LogP contribution in [0.15, 0.2) is 35.4 Å². The number of rotatable bonds is 8. The summed E-state index contributed by atoms with van der Waals surface area (Å²) in [7, 11) is 4.60. The van der Waals surface area contributed by atoms with Crippen molar-refractivity contribution in [3.63, 3.8) is 0 Å². The van der Waals surface area contributed by atoms with E-state index in [9.17, 15) is 4.79 Å². The lowest BCUT2D eigenvalue weighted by Crippen LogP contribution is -2.25. The van der Waals surface area contributed by atoms with Crippen molar-refractivity contribution < 1.29 is 23.7 Å². The van der Waals surface area contributed by atoms with Gasteiger partial charge in [0.1, 0.15) is 5.75 Å². The molecule has 7 nitrogen and oxygen atoms in total. The smallest absolute Gasteiger partial charge is 0.277 e. The number of amides is 1. The van der Waals surface area contributed by atoms with Crippen LogP contribution >= 0.6 is 0 Å². The van der Waals surface area contributed by atoms with Gasteiger partial charge in [-0.2, -0.15) is 5.10 Å². The van der Waals surface area contributed by atoms with E-state index in [1.54, 1.807) is 12.1 Å². The summed E-state index contributed by atoms with van der Waals surface area (Å²) in [6.45, 7) is 3.74. The molecule has 0 bridgehead atoms. The van der Waals surface area contributed by atoms with E-state index in [0.29, 0.717) is 28.6 Å². The highest BCUT2D eigenvalue weighted by atomic mass is 16.5. The Labute approximate surface area is 158 Å². The Hall–Kier alpha value is -3.22. The highest BCUT2D eigenvalue weighted by Gasteiger charge is 2.12. The molecule has 2 aromatic carbocycles. The number of para-hydroxylation sites is 1. The fourth-order valence-electron chi connectivity index (χ4n) is 2.55. The maximum atomic E-state index is 12.0. The summed E-state index contributed by atoms with van der Waals surface area (Å²) in [5, 5.41) is 3.95. The molecule has 0 unspecified atom stereocenters. The fourth-order valence-corrected chi connectivity index (χ4v) is 2.55. The zero-order valence-electron chi connectivity index (χ0n) is 16.2. The molecule has 0 saturated carbocycles. The van der Waals surface area contributed by atoms with Crippen LogP contribution in [0.1, 0.15) is 16.7 Å². The van der Waals surface area contributed by atoms with Crippen LogP contribution in [0.5, 0.6) is 23.0 Å². The summed E-state index contributed by atoms with van der Waals surface area (Å²) in [6.07, 6.45) is 1.49. The Morgan fingerprint density at radius 1 is 1.00 bits per heavy atom. The van der Waals surface area contributed by atoms with Crippen molar-refractivity contribution in [2.24, 2.45) is 5.10 Å². The van der Waals surface area contributed by atoms with E-state index in [1.165, 1.54) is 27.5 Å². The van der Waals surface area contributed by atoms with Gasteiger partial charge in [-0.25, -0.2) is 5.43 Å². The molecule has 0 spiro atoms. The van der Waals surface area contributed by atoms with Gasteiger partial charge in [-0.1, -0.05) is 18.2 Å². The molecule has 0 aromatic heterocycles. The summed E-state index contributed by atoms with van der Waals surface area (Å²) < 4.78 is 21.4. The van der Waals surface area contributed by atoms with Gasteiger partial charge < -0.3 is 18.9 Å². The maximum absolute atomic E-state index is 12.0. The number of hydrogen-bond donors (Lipinski definition) is 1. The molecular weight excluding hydrogens is 348 g/mol. The summed E-state index contributed by atoms with van der Waals surface area (Å²) in [4.78, 5) is 12.0. The molecule has 0 aliphatic heterocycles. The van der Waals surface area contributed by atoms with Crippen LogP contribution in [0, 0.1) is 13.8 Å². The van der Waals surface area contributed by atoms with E-state index in [0.717, 1.165) is 11.1 Å². The predicted octanol–water partition coefficient (Wildman–Crippen LogP) is 2.86. The lowest BCUT2D eigenvalue weighted by atomic mass is 10.1. The normalized spacial score (nSPS) is 10.6. The molecule has 0 fully saturated rings. The van der Waals surface area contributed by atoms with Crippen LogP contribution in [0.3, 0.4) is 0 Å². The third-order valence-corrected chi connectivity index (χ3v) is 3.85. The molecule has 2 aromatic rings. The molecule has 2 rings (SSSR count). The van der Waals surface area contributed by atoms with Gasteiger partial charge in [-0.05, 0) is 37.1 Å². The van der Waals surface area contributed by atoms with Crippen molar-refractivity contribution in [1.82, 2.24) is 5.43 Å². The summed E-state index contributed by atoms with van der Waals surface area (Å²) in [5.74, 6) is 1.84. The zero-order chi connectivity index (χ0) is 19.8. The Morgan fingerprint density at radius 3 is 2.11 bits per heavy atom. The second-order valence-electron chi connectivity index (χ2n) is 5.76. The van der Waals surface area contributed by atoms with Crippen LogP contribution in [0.2, 0.25) is 0 Å². The fraction of sp³-hybridized carbons (Fsp3) is 0.300. The number of ether oxygens (including phenoxy) is 4. The average Bonchev–Trinajstić information content (AvgIpc) is 2.66. The number of benzene rings is 2. The van der Waals surface area contributed by atoms with Crippen molar-refractivity contribution >= 4 is 12.1 Å². The van der Waals surface area contributed by atoms with Gasteiger partial charge in [0.05, 0.1) is 27.5 Å². The predicted molar refractivity (Wildman–Crippen MR) is 103 cm³/mol. The molecule has 0 radical (unpaired) electrons. The third kappa shape index (κ3) is 5.13. The molecule has 144 valence electrons. The van der Waals surface area contributed by atoms with Gasteiger partial charge in [0.25, 0.3) is 5.91 Å². The van der Waals surface area contributed by atoms with Crippen molar-refractivity contribution in [2.45, 2.75) is 13.8 Å². The first-order chi connectivity index (χ1) is 13.0. The van der Waals surface area contributed by atoms with Crippen molar-refractivity contribution in [3.8, 4) is 23.0 Å². The Bertz CT molecular complexity index is 788. The SMILES string of the molecule is COc1cc(C=NNC(=O)COc2c(C)cccc2C)cc(OC)c1OC. The van der Waals surface area contributed by atoms with E-state index in [1.807, 2.05) is 32.0 Å². The summed E-state index contributed by atoms with van der Waals surface area (Å²) in [5.41, 5.74) is 5.07.